The molecule has 1 aromatic heterocycles. The molecule has 0 fully saturated rings. The molecule has 0 spiro atoms. The number of pyridine rings is 1. The summed E-state index contributed by atoms with van der Waals surface area (Å²) in [5.74, 6) is -0.599. The fourth-order valence-corrected chi connectivity index (χ4v) is 0.993. The molecule has 4 nitrogen and oxygen atoms in total. The van der Waals surface area contributed by atoms with Gasteiger partial charge in [-0.3, -0.25) is 9.59 Å². The fraction of sp³-hybridized carbons (Fsp3) is 0. The maximum Gasteiger partial charge on any atom is 0.250 e. The predicted molar refractivity (Wildman–Crippen MR) is 45.8 cm³/mol. The Morgan fingerprint density at radius 1 is 1.67 bits per heavy atom. The van der Waals surface area contributed by atoms with Crippen LogP contribution in [0.2, 0.25) is 0 Å². The molecular formula is C7H5BrN2O2. The van der Waals surface area contributed by atoms with Gasteiger partial charge in [0.05, 0.1) is 5.56 Å². The highest BCUT2D eigenvalue weighted by atomic mass is 79.9. The molecule has 1 amide bonds. The molecule has 0 radical (unpaired) electrons. The van der Waals surface area contributed by atoms with Crippen molar-refractivity contribution in [3.8, 4) is 0 Å². The minimum Gasteiger partial charge on any atom is -0.366 e. The molecule has 0 aromatic carbocycles. The van der Waals surface area contributed by atoms with Gasteiger partial charge in [-0.05, 0) is 22.0 Å². The monoisotopic (exact) mass is 228 g/mol. The molecule has 0 saturated carbocycles. The van der Waals surface area contributed by atoms with Gasteiger partial charge >= 0.3 is 0 Å². The molecule has 0 saturated heterocycles. The lowest BCUT2D eigenvalue weighted by Gasteiger charge is -1.97. The number of nitrogens with two attached hydrogens (primary N) is 1. The molecule has 1 aromatic rings. The lowest BCUT2D eigenvalue weighted by Crippen LogP contribution is -2.11. The minimum atomic E-state index is -0.599. The summed E-state index contributed by atoms with van der Waals surface area (Å²) in [6.07, 6.45) is 1.91. The molecule has 0 bridgehead atoms. The zero-order valence-corrected chi connectivity index (χ0v) is 7.54. The van der Waals surface area contributed by atoms with Crippen LogP contribution in [-0.2, 0) is 0 Å². The highest BCUT2D eigenvalue weighted by Gasteiger charge is 2.05. The van der Waals surface area contributed by atoms with Gasteiger partial charge < -0.3 is 5.73 Å². The highest BCUT2D eigenvalue weighted by molar-refractivity contribution is 9.10. The van der Waals surface area contributed by atoms with Crippen LogP contribution in [0.25, 0.3) is 0 Å². The van der Waals surface area contributed by atoms with Crippen LogP contribution in [0.3, 0.4) is 0 Å². The zero-order valence-electron chi connectivity index (χ0n) is 5.95. The van der Waals surface area contributed by atoms with Crippen molar-refractivity contribution in [2.45, 2.75) is 0 Å². The average Bonchev–Trinajstić information content (AvgIpc) is 2.05. The normalized spacial score (nSPS) is 9.42. The number of aldehydes is 1. The minimum absolute atomic E-state index is 0.223. The van der Waals surface area contributed by atoms with E-state index >= 15 is 0 Å². The number of nitrogens with zero attached hydrogens (tertiary/aromatic N) is 1. The standard InChI is InChI=1S/C7H5BrN2O2/c8-6-5(3-11)1-4(2-10-6)7(9)12/h1-3H,(H2,9,12). The molecule has 0 aliphatic carbocycles. The van der Waals surface area contributed by atoms with Crippen molar-refractivity contribution < 1.29 is 9.59 Å². The van der Waals surface area contributed by atoms with Crippen molar-refractivity contribution in [2.75, 3.05) is 0 Å². The van der Waals surface area contributed by atoms with Crippen molar-refractivity contribution in [1.29, 1.82) is 0 Å². The van der Waals surface area contributed by atoms with Gasteiger partial charge in [-0.15, -0.1) is 0 Å². The number of halogens is 1. The third kappa shape index (κ3) is 1.68. The van der Waals surface area contributed by atoms with E-state index < -0.39 is 5.91 Å². The summed E-state index contributed by atoms with van der Waals surface area (Å²) >= 11 is 3.05. The van der Waals surface area contributed by atoms with E-state index in [2.05, 4.69) is 20.9 Å². The van der Waals surface area contributed by atoms with E-state index in [1.807, 2.05) is 0 Å². The van der Waals surface area contributed by atoms with Gasteiger partial charge in [0.25, 0.3) is 0 Å². The quantitative estimate of drug-likeness (QED) is 0.600. The Kier molecular flexibility index (Phi) is 2.54. The predicted octanol–water partition coefficient (Wildman–Crippen LogP) is 0.756. The number of carbonyl (C=O) groups is 2. The maximum atomic E-state index is 10.6. The third-order valence-corrected chi connectivity index (χ3v) is 1.94. The number of hydrogen-bond acceptors (Lipinski definition) is 3. The first-order chi connectivity index (χ1) is 5.65. The van der Waals surface area contributed by atoms with Gasteiger partial charge in [0, 0.05) is 11.8 Å². The van der Waals surface area contributed by atoms with Crippen molar-refractivity contribution in [3.05, 3.63) is 28.0 Å². The van der Waals surface area contributed by atoms with Crippen molar-refractivity contribution in [1.82, 2.24) is 4.98 Å². The van der Waals surface area contributed by atoms with Crippen molar-refractivity contribution in [2.24, 2.45) is 5.73 Å². The summed E-state index contributed by atoms with van der Waals surface area (Å²) in [5, 5.41) is 0. The molecule has 12 heavy (non-hydrogen) atoms. The second-order valence-electron chi connectivity index (χ2n) is 2.09. The Bertz CT molecular complexity index is 338. The summed E-state index contributed by atoms with van der Waals surface area (Å²) in [6.45, 7) is 0. The molecule has 0 aliphatic heterocycles. The second-order valence-corrected chi connectivity index (χ2v) is 2.84. The number of rotatable bonds is 2. The highest BCUT2D eigenvalue weighted by Crippen LogP contribution is 2.12. The van der Waals surface area contributed by atoms with E-state index in [4.69, 9.17) is 5.73 Å². The van der Waals surface area contributed by atoms with Gasteiger partial charge in [-0.2, -0.15) is 0 Å². The van der Waals surface area contributed by atoms with Gasteiger partial charge in [-0.1, -0.05) is 0 Å². The van der Waals surface area contributed by atoms with E-state index in [1.165, 1.54) is 12.3 Å². The summed E-state index contributed by atoms with van der Waals surface area (Å²) < 4.78 is 0.405. The van der Waals surface area contributed by atoms with Crippen LogP contribution in [0.15, 0.2) is 16.9 Å². The molecule has 5 heteroatoms. The molecular weight excluding hydrogens is 224 g/mol. The Morgan fingerprint density at radius 2 is 2.33 bits per heavy atom. The molecule has 0 atom stereocenters. The Hall–Kier alpha value is -1.23. The number of primary amides is 1. The Morgan fingerprint density at radius 3 is 2.83 bits per heavy atom. The molecule has 0 aliphatic rings. The van der Waals surface area contributed by atoms with Crippen molar-refractivity contribution in [3.63, 3.8) is 0 Å². The maximum absolute atomic E-state index is 10.6. The van der Waals surface area contributed by atoms with Crippen LogP contribution in [0, 0.1) is 0 Å². The Labute approximate surface area is 76.9 Å². The Balaban J connectivity index is 3.22. The van der Waals surface area contributed by atoms with E-state index in [9.17, 15) is 9.59 Å². The third-order valence-electron chi connectivity index (χ3n) is 1.28. The van der Waals surface area contributed by atoms with E-state index in [-0.39, 0.29) is 5.56 Å². The van der Waals surface area contributed by atoms with E-state index in [0.717, 1.165) is 0 Å². The van der Waals surface area contributed by atoms with Gasteiger partial charge in [-0.25, -0.2) is 4.98 Å². The number of amides is 1. The van der Waals surface area contributed by atoms with Crippen LogP contribution in [0.5, 0.6) is 0 Å². The summed E-state index contributed by atoms with van der Waals surface area (Å²) in [7, 11) is 0. The largest absolute Gasteiger partial charge is 0.366 e. The smallest absolute Gasteiger partial charge is 0.250 e. The van der Waals surface area contributed by atoms with Crippen LogP contribution in [0.4, 0.5) is 0 Å². The molecule has 1 heterocycles. The van der Waals surface area contributed by atoms with E-state index in [1.54, 1.807) is 0 Å². The topological polar surface area (TPSA) is 73.1 Å². The number of carbonyl (C=O) groups excluding carboxylic acids is 2. The van der Waals surface area contributed by atoms with Gasteiger partial charge in [0.15, 0.2) is 6.29 Å². The molecule has 2 N–H and O–H groups in total. The van der Waals surface area contributed by atoms with Gasteiger partial charge in [0.1, 0.15) is 4.60 Å². The summed E-state index contributed by atoms with van der Waals surface area (Å²) in [4.78, 5) is 24.8. The summed E-state index contributed by atoms with van der Waals surface area (Å²) in [5.41, 5.74) is 5.51. The molecule has 1 rings (SSSR count). The van der Waals surface area contributed by atoms with Crippen LogP contribution in [-0.4, -0.2) is 17.2 Å². The first kappa shape index (κ1) is 8.86. The van der Waals surface area contributed by atoms with Gasteiger partial charge in [0.2, 0.25) is 5.91 Å². The number of hydrogen-bond donors (Lipinski definition) is 1. The lowest BCUT2D eigenvalue weighted by molar-refractivity contribution is 0.1000. The lowest BCUT2D eigenvalue weighted by atomic mass is 10.2. The van der Waals surface area contributed by atoms with Crippen LogP contribution in [0.1, 0.15) is 20.7 Å². The first-order valence-corrected chi connectivity index (χ1v) is 3.85. The molecule has 62 valence electrons. The summed E-state index contributed by atoms with van der Waals surface area (Å²) in [6, 6.07) is 1.38. The fourth-order valence-electron chi connectivity index (χ4n) is 0.682. The number of aromatic nitrogens is 1. The second kappa shape index (κ2) is 3.44. The van der Waals surface area contributed by atoms with Crippen LogP contribution < -0.4 is 5.73 Å². The SMILES string of the molecule is NC(=O)c1cnc(Br)c(C=O)c1. The average molecular weight is 229 g/mol. The first-order valence-electron chi connectivity index (χ1n) is 3.05. The van der Waals surface area contributed by atoms with E-state index in [0.29, 0.717) is 16.5 Å². The zero-order chi connectivity index (χ0) is 9.14. The van der Waals surface area contributed by atoms with Crippen molar-refractivity contribution >= 4 is 28.1 Å². The molecule has 0 unspecified atom stereocenters. The van der Waals surface area contributed by atoms with Crippen LogP contribution >= 0.6 is 15.9 Å².